The van der Waals surface area contributed by atoms with E-state index in [0.29, 0.717) is 10.8 Å². The second-order valence-electron chi connectivity index (χ2n) is 5.54. The lowest BCUT2D eigenvalue weighted by Gasteiger charge is -2.08. The third-order valence-electron chi connectivity index (χ3n) is 3.28. The second kappa shape index (κ2) is 8.95. The van der Waals surface area contributed by atoms with Crippen LogP contribution in [-0.4, -0.2) is 29.3 Å². The molecule has 0 atom stereocenters. The predicted octanol–water partition coefficient (Wildman–Crippen LogP) is -0.587. The normalized spacial score (nSPS) is 11.6. The molecule has 0 saturated carbocycles. The van der Waals surface area contributed by atoms with Gasteiger partial charge in [-0.05, 0) is 44.2 Å². The van der Waals surface area contributed by atoms with Crippen molar-refractivity contribution in [2.75, 3.05) is 10.0 Å². The number of nitrogens with two attached hydrogens (primary N) is 1. The van der Waals surface area contributed by atoms with Crippen LogP contribution in [0.3, 0.4) is 0 Å². The van der Waals surface area contributed by atoms with Crippen molar-refractivity contribution in [3.63, 3.8) is 0 Å². The molecule has 28 heavy (non-hydrogen) atoms. The molecule has 0 saturated heterocycles. The fraction of sp³-hybridized carbons (Fsp3) is 0.125. The summed E-state index contributed by atoms with van der Waals surface area (Å²) in [5.74, 6) is 0.348. The van der Waals surface area contributed by atoms with Gasteiger partial charge in [0.05, 0.1) is 4.90 Å². The number of sulfonamides is 1. The van der Waals surface area contributed by atoms with Crippen LogP contribution in [-0.2, 0) is 10.0 Å². The first-order chi connectivity index (χ1) is 12.8. The fourth-order valence-corrected chi connectivity index (χ4v) is 3.99. The lowest BCUT2D eigenvalue weighted by molar-refractivity contribution is -0.00000848. The summed E-state index contributed by atoms with van der Waals surface area (Å²) in [4.78, 5) is 16.5. The molecule has 12 heteroatoms. The minimum Gasteiger partial charge on any atom is -1.00 e. The van der Waals surface area contributed by atoms with Gasteiger partial charge in [-0.25, -0.2) is 23.4 Å². The number of aliphatic imine (C=N–C) groups is 1. The molecule has 0 aliphatic rings. The number of rotatable bonds is 5. The summed E-state index contributed by atoms with van der Waals surface area (Å²) in [7, 11) is -3.70. The van der Waals surface area contributed by atoms with E-state index in [-0.39, 0.29) is 29.2 Å². The smallest absolute Gasteiger partial charge is 0.263 e. The second-order valence-corrected chi connectivity index (χ2v) is 8.12. The number of nitrogens with one attached hydrogen (secondary N) is 2. The number of hydrogen-bond acceptors (Lipinski definition) is 7. The van der Waals surface area contributed by atoms with E-state index in [2.05, 4.69) is 30.0 Å². The molecular formula is C16H17ClN7O2S2-. The molecule has 0 amide bonds. The van der Waals surface area contributed by atoms with Crippen molar-refractivity contribution in [2.45, 2.75) is 18.7 Å². The number of guanidine groups is 1. The van der Waals surface area contributed by atoms with Crippen LogP contribution < -0.4 is 28.2 Å². The Labute approximate surface area is 172 Å². The lowest BCUT2D eigenvalue weighted by Crippen LogP contribution is -3.00. The van der Waals surface area contributed by atoms with Gasteiger partial charge in [-0.2, -0.15) is 4.99 Å². The molecule has 0 fully saturated rings. The molecule has 148 valence electrons. The van der Waals surface area contributed by atoms with E-state index in [1.54, 1.807) is 17.5 Å². The Morgan fingerprint density at radius 2 is 1.79 bits per heavy atom. The molecule has 2 heterocycles. The average molecular weight is 439 g/mol. The van der Waals surface area contributed by atoms with Gasteiger partial charge in [0.2, 0.25) is 5.96 Å². The lowest BCUT2D eigenvalue weighted by atomic mass is 10.3. The van der Waals surface area contributed by atoms with Crippen molar-refractivity contribution in [1.29, 1.82) is 0 Å². The average Bonchev–Trinajstić information content (AvgIpc) is 3.06. The van der Waals surface area contributed by atoms with Gasteiger partial charge in [-0.3, -0.25) is 4.72 Å². The van der Waals surface area contributed by atoms with Gasteiger partial charge >= 0.3 is 0 Å². The molecule has 0 unspecified atom stereocenters. The summed E-state index contributed by atoms with van der Waals surface area (Å²) in [6.07, 6.45) is 1.52. The molecule has 2 aromatic heterocycles. The van der Waals surface area contributed by atoms with Gasteiger partial charge in [-0.1, -0.05) is 0 Å². The van der Waals surface area contributed by atoms with E-state index < -0.39 is 10.0 Å². The van der Waals surface area contributed by atoms with Gasteiger partial charge in [0.25, 0.3) is 16.0 Å². The van der Waals surface area contributed by atoms with Gasteiger partial charge in [0.15, 0.2) is 5.13 Å². The van der Waals surface area contributed by atoms with Gasteiger partial charge < -0.3 is 23.5 Å². The van der Waals surface area contributed by atoms with E-state index >= 15 is 0 Å². The van der Waals surface area contributed by atoms with Crippen molar-refractivity contribution >= 4 is 44.1 Å². The summed E-state index contributed by atoms with van der Waals surface area (Å²) in [6, 6.07) is 7.92. The van der Waals surface area contributed by atoms with Crippen LogP contribution in [0.4, 0.5) is 16.8 Å². The number of anilines is 2. The Kier molecular flexibility index (Phi) is 6.89. The molecular weight excluding hydrogens is 422 g/mol. The highest BCUT2D eigenvalue weighted by atomic mass is 35.5. The van der Waals surface area contributed by atoms with Crippen LogP contribution in [0.2, 0.25) is 0 Å². The van der Waals surface area contributed by atoms with Crippen LogP contribution in [0, 0.1) is 13.8 Å². The van der Waals surface area contributed by atoms with E-state index in [1.165, 1.54) is 29.7 Å². The number of aromatic nitrogens is 3. The quantitative estimate of drug-likeness (QED) is 0.358. The van der Waals surface area contributed by atoms with Crippen LogP contribution in [0.15, 0.2) is 51.8 Å². The summed E-state index contributed by atoms with van der Waals surface area (Å²) >= 11 is 1.20. The number of halogens is 1. The largest absolute Gasteiger partial charge is 1.00 e. The monoisotopic (exact) mass is 438 g/mol. The maximum atomic E-state index is 12.3. The Morgan fingerprint density at radius 1 is 1.14 bits per heavy atom. The molecule has 4 N–H and O–H groups in total. The summed E-state index contributed by atoms with van der Waals surface area (Å²) < 4.78 is 27.0. The summed E-state index contributed by atoms with van der Waals surface area (Å²) in [6.45, 7) is 3.69. The van der Waals surface area contributed by atoms with Crippen molar-refractivity contribution in [1.82, 2.24) is 15.0 Å². The number of thiazole rings is 1. The molecule has 3 rings (SSSR count). The Balaban J connectivity index is 0.00000280. The van der Waals surface area contributed by atoms with Crippen molar-refractivity contribution in [3.8, 4) is 0 Å². The maximum Gasteiger partial charge on any atom is 0.263 e. The van der Waals surface area contributed by atoms with E-state index in [0.717, 1.165) is 11.4 Å². The first-order valence-electron chi connectivity index (χ1n) is 7.78. The zero-order valence-electron chi connectivity index (χ0n) is 14.9. The van der Waals surface area contributed by atoms with Gasteiger partial charge in [-0.15, -0.1) is 11.3 Å². The number of hydrogen-bond donors (Lipinski definition) is 3. The van der Waals surface area contributed by atoms with Crippen molar-refractivity contribution in [2.24, 2.45) is 10.7 Å². The number of nitrogens with zero attached hydrogens (tertiary/aromatic N) is 4. The topological polar surface area (TPSA) is 135 Å². The predicted molar refractivity (Wildman–Crippen MR) is 106 cm³/mol. The Bertz CT molecular complexity index is 1050. The van der Waals surface area contributed by atoms with Crippen LogP contribution in [0.25, 0.3) is 0 Å². The zero-order chi connectivity index (χ0) is 19.4. The van der Waals surface area contributed by atoms with Gasteiger partial charge in [0, 0.05) is 28.7 Å². The molecule has 0 radical (unpaired) electrons. The standard InChI is InChI=1S/C16H17N7O2S2.ClH/c1-10-9-11(2)20-15(19-10)22-14(17)21-12-3-5-13(6-4-12)27(24,25)23-16-18-7-8-26-16;/h3-9H,1-2H3,(H,18,23)(H3,17,19,20,21,22);1H/p-1. The third kappa shape index (κ3) is 5.62. The Hall–Kier alpha value is -2.76. The van der Waals surface area contributed by atoms with E-state index in [1.807, 2.05) is 19.9 Å². The Morgan fingerprint density at radius 3 is 2.36 bits per heavy atom. The highest BCUT2D eigenvalue weighted by Gasteiger charge is 2.15. The van der Waals surface area contributed by atoms with Crippen molar-refractivity contribution < 1.29 is 20.8 Å². The van der Waals surface area contributed by atoms with E-state index in [4.69, 9.17) is 5.73 Å². The van der Waals surface area contributed by atoms with Crippen LogP contribution in [0.1, 0.15) is 11.4 Å². The van der Waals surface area contributed by atoms with Crippen LogP contribution >= 0.6 is 11.3 Å². The zero-order valence-corrected chi connectivity index (χ0v) is 17.3. The molecule has 1 aromatic carbocycles. The van der Waals surface area contributed by atoms with Gasteiger partial charge in [0.1, 0.15) is 0 Å². The molecule has 0 spiro atoms. The minimum atomic E-state index is -3.70. The van der Waals surface area contributed by atoms with Crippen molar-refractivity contribution in [3.05, 3.63) is 53.3 Å². The maximum absolute atomic E-state index is 12.3. The first-order valence-corrected chi connectivity index (χ1v) is 10.1. The molecule has 9 nitrogen and oxygen atoms in total. The SMILES string of the molecule is Cc1cc(C)nc(/N=C(\N)Nc2ccc(S(=O)(=O)Nc3nccs3)cc2)n1.[Cl-]. The third-order valence-corrected chi connectivity index (χ3v) is 5.45. The molecule has 3 aromatic rings. The summed E-state index contributed by atoms with van der Waals surface area (Å²) in [5, 5.41) is 4.87. The molecule has 0 bridgehead atoms. The number of benzene rings is 1. The summed E-state index contributed by atoms with van der Waals surface area (Å²) in [5.41, 5.74) is 8.03. The minimum absolute atomic E-state index is 0. The highest BCUT2D eigenvalue weighted by molar-refractivity contribution is 7.93. The van der Waals surface area contributed by atoms with Crippen LogP contribution in [0.5, 0.6) is 0 Å². The molecule has 0 aliphatic heterocycles. The number of aryl methyl sites for hydroxylation is 2. The fourth-order valence-electron chi connectivity index (χ4n) is 2.21. The van der Waals surface area contributed by atoms with E-state index in [9.17, 15) is 8.42 Å². The highest BCUT2D eigenvalue weighted by Crippen LogP contribution is 2.19. The first kappa shape index (κ1) is 21.5. The molecule has 0 aliphatic carbocycles.